The number of benzene rings is 1. The number of ether oxygens (including phenoxy) is 1. The number of aromatic nitrogens is 2. The summed E-state index contributed by atoms with van der Waals surface area (Å²) in [6, 6.07) is 7.89. The van der Waals surface area contributed by atoms with Crippen LogP contribution in [-0.4, -0.2) is 22.7 Å². The molecular formula is C14H15N3O2. The minimum atomic E-state index is -0.0485. The number of nitrogens with one attached hydrogen (secondary N) is 2. The Labute approximate surface area is 111 Å². The smallest absolute Gasteiger partial charge is 0.225 e. The standard InChI is InChI=1S/C14H15N3O2/c1-2-13(18)15-12-8-11(16-17-12)10-5-3-4-9-6-7-19-14(9)10/h3-5,8H,2,6-7H2,1H3,(H2,15,16,17,18). The van der Waals surface area contributed by atoms with Gasteiger partial charge in [0.2, 0.25) is 5.91 Å². The molecule has 5 nitrogen and oxygen atoms in total. The first-order chi connectivity index (χ1) is 9.28. The molecule has 98 valence electrons. The number of hydrogen-bond donors (Lipinski definition) is 2. The van der Waals surface area contributed by atoms with Gasteiger partial charge in [-0.15, -0.1) is 0 Å². The molecule has 2 aromatic rings. The molecule has 2 heterocycles. The topological polar surface area (TPSA) is 67.0 Å². The van der Waals surface area contributed by atoms with Crippen LogP contribution in [0.3, 0.4) is 0 Å². The summed E-state index contributed by atoms with van der Waals surface area (Å²) in [7, 11) is 0. The lowest BCUT2D eigenvalue weighted by Gasteiger charge is -2.05. The molecule has 0 spiro atoms. The number of anilines is 1. The molecule has 0 unspecified atom stereocenters. The van der Waals surface area contributed by atoms with Crippen LogP contribution in [0.25, 0.3) is 11.3 Å². The number of para-hydroxylation sites is 1. The van der Waals surface area contributed by atoms with Gasteiger partial charge in [-0.25, -0.2) is 0 Å². The molecule has 2 N–H and O–H groups in total. The van der Waals surface area contributed by atoms with E-state index in [0.29, 0.717) is 12.2 Å². The summed E-state index contributed by atoms with van der Waals surface area (Å²) in [5.41, 5.74) is 3.05. The molecule has 1 aliphatic heterocycles. The molecule has 0 radical (unpaired) electrons. The van der Waals surface area contributed by atoms with Gasteiger partial charge in [0.15, 0.2) is 5.82 Å². The predicted octanol–water partition coefficient (Wildman–Crippen LogP) is 2.36. The van der Waals surface area contributed by atoms with Gasteiger partial charge in [-0.1, -0.05) is 19.1 Å². The fourth-order valence-corrected chi connectivity index (χ4v) is 2.18. The molecule has 0 atom stereocenters. The maximum absolute atomic E-state index is 11.3. The lowest BCUT2D eigenvalue weighted by Crippen LogP contribution is -2.09. The molecule has 0 bridgehead atoms. The van der Waals surface area contributed by atoms with E-state index in [-0.39, 0.29) is 5.91 Å². The van der Waals surface area contributed by atoms with E-state index in [4.69, 9.17) is 4.74 Å². The van der Waals surface area contributed by atoms with Gasteiger partial charge in [-0.05, 0) is 11.6 Å². The highest BCUT2D eigenvalue weighted by Gasteiger charge is 2.18. The fourth-order valence-electron chi connectivity index (χ4n) is 2.18. The highest BCUT2D eigenvalue weighted by atomic mass is 16.5. The van der Waals surface area contributed by atoms with Crippen molar-refractivity contribution in [2.24, 2.45) is 0 Å². The number of aromatic amines is 1. The van der Waals surface area contributed by atoms with Crippen LogP contribution in [0.2, 0.25) is 0 Å². The maximum atomic E-state index is 11.3. The second-order valence-electron chi connectivity index (χ2n) is 4.46. The van der Waals surface area contributed by atoms with Crippen molar-refractivity contribution in [2.45, 2.75) is 19.8 Å². The summed E-state index contributed by atoms with van der Waals surface area (Å²) >= 11 is 0. The Morgan fingerprint density at radius 1 is 1.53 bits per heavy atom. The molecule has 1 aromatic carbocycles. The van der Waals surface area contributed by atoms with Crippen LogP contribution in [0.4, 0.5) is 5.82 Å². The highest BCUT2D eigenvalue weighted by Crippen LogP contribution is 2.36. The predicted molar refractivity (Wildman–Crippen MR) is 72.1 cm³/mol. The van der Waals surface area contributed by atoms with Gasteiger partial charge in [-0.3, -0.25) is 9.89 Å². The van der Waals surface area contributed by atoms with Crippen molar-refractivity contribution in [3.63, 3.8) is 0 Å². The van der Waals surface area contributed by atoms with E-state index >= 15 is 0 Å². The van der Waals surface area contributed by atoms with Gasteiger partial charge < -0.3 is 10.1 Å². The van der Waals surface area contributed by atoms with Crippen molar-refractivity contribution < 1.29 is 9.53 Å². The minimum Gasteiger partial charge on any atom is -0.492 e. The van der Waals surface area contributed by atoms with Crippen molar-refractivity contribution in [2.75, 3.05) is 11.9 Å². The number of fused-ring (bicyclic) bond motifs is 1. The first-order valence-corrected chi connectivity index (χ1v) is 6.38. The SMILES string of the molecule is CCC(=O)Nc1cc(-c2cccc3c2OCC3)[nH]n1. The third-order valence-electron chi connectivity index (χ3n) is 3.17. The van der Waals surface area contributed by atoms with E-state index in [1.165, 1.54) is 5.56 Å². The summed E-state index contributed by atoms with van der Waals surface area (Å²) in [6.45, 7) is 2.53. The Bertz CT molecular complexity index is 619. The summed E-state index contributed by atoms with van der Waals surface area (Å²) in [5, 5.41) is 9.76. The molecule has 0 aliphatic carbocycles. The molecule has 5 heteroatoms. The third kappa shape index (κ3) is 2.19. The van der Waals surface area contributed by atoms with Gasteiger partial charge in [0.25, 0.3) is 0 Å². The Morgan fingerprint density at radius 2 is 2.42 bits per heavy atom. The van der Waals surface area contributed by atoms with Crippen molar-refractivity contribution in [3.05, 3.63) is 29.8 Å². The Morgan fingerprint density at radius 3 is 3.26 bits per heavy atom. The fraction of sp³-hybridized carbons (Fsp3) is 0.286. The zero-order valence-electron chi connectivity index (χ0n) is 10.7. The second-order valence-corrected chi connectivity index (χ2v) is 4.46. The van der Waals surface area contributed by atoms with Crippen LogP contribution in [0, 0.1) is 0 Å². The van der Waals surface area contributed by atoms with Crippen LogP contribution < -0.4 is 10.1 Å². The molecule has 3 rings (SSSR count). The number of carbonyl (C=O) groups is 1. The number of hydrogen-bond acceptors (Lipinski definition) is 3. The van der Waals surface area contributed by atoms with Crippen molar-refractivity contribution in [1.29, 1.82) is 0 Å². The van der Waals surface area contributed by atoms with Gasteiger partial charge in [0, 0.05) is 24.5 Å². The summed E-state index contributed by atoms with van der Waals surface area (Å²) < 4.78 is 5.66. The number of nitrogens with zero attached hydrogens (tertiary/aromatic N) is 1. The number of amides is 1. The van der Waals surface area contributed by atoms with E-state index in [1.54, 1.807) is 6.92 Å². The first kappa shape index (κ1) is 11.8. The van der Waals surface area contributed by atoms with Crippen LogP contribution in [0.5, 0.6) is 5.75 Å². The minimum absolute atomic E-state index is 0.0485. The van der Waals surface area contributed by atoms with Crippen LogP contribution in [0.1, 0.15) is 18.9 Å². The Kier molecular flexibility index (Phi) is 2.95. The largest absolute Gasteiger partial charge is 0.492 e. The number of rotatable bonds is 3. The molecular weight excluding hydrogens is 242 g/mol. The zero-order valence-corrected chi connectivity index (χ0v) is 10.7. The average Bonchev–Trinajstić information content (AvgIpc) is 3.06. The first-order valence-electron chi connectivity index (χ1n) is 6.38. The zero-order chi connectivity index (χ0) is 13.2. The molecule has 0 fully saturated rings. The summed E-state index contributed by atoms with van der Waals surface area (Å²) in [4.78, 5) is 11.3. The second kappa shape index (κ2) is 4.76. The van der Waals surface area contributed by atoms with Crippen LogP contribution in [0.15, 0.2) is 24.3 Å². The molecule has 19 heavy (non-hydrogen) atoms. The number of carbonyl (C=O) groups excluding carboxylic acids is 1. The summed E-state index contributed by atoms with van der Waals surface area (Å²) in [5.74, 6) is 1.41. The summed E-state index contributed by atoms with van der Waals surface area (Å²) in [6.07, 6.45) is 1.38. The van der Waals surface area contributed by atoms with Crippen LogP contribution >= 0.6 is 0 Å². The highest BCUT2D eigenvalue weighted by molar-refractivity contribution is 5.90. The maximum Gasteiger partial charge on any atom is 0.225 e. The third-order valence-corrected chi connectivity index (χ3v) is 3.17. The normalized spacial score (nSPS) is 12.9. The average molecular weight is 257 g/mol. The van der Waals surface area contributed by atoms with E-state index < -0.39 is 0 Å². The molecule has 0 saturated heterocycles. The Balaban J connectivity index is 1.91. The van der Waals surface area contributed by atoms with Gasteiger partial charge in [0.05, 0.1) is 12.3 Å². The monoisotopic (exact) mass is 257 g/mol. The van der Waals surface area contributed by atoms with Crippen molar-refractivity contribution >= 4 is 11.7 Å². The number of H-pyrrole nitrogens is 1. The van der Waals surface area contributed by atoms with Crippen molar-refractivity contribution in [1.82, 2.24) is 10.2 Å². The molecule has 0 saturated carbocycles. The lowest BCUT2D eigenvalue weighted by molar-refractivity contribution is -0.115. The lowest BCUT2D eigenvalue weighted by atomic mass is 10.1. The Hall–Kier alpha value is -2.30. The van der Waals surface area contributed by atoms with E-state index in [2.05, 4.69) is 21.6 Å². The molecule has 1 aliphatic rings. The van der Waals surface area contributed by atoms with Crippen LogP contribution in [-0.2, 0) is 11.2 Å². The van der Waals surface area contributed by atoms with Gasteiger partial charge >= 0.3 is 0 Å². The quantitative estimate of drug-likeness (QED) is 0.887. The van der Waals surface area contributed by atoms with E-state index in [0.717, 1.165) is 30.0 Å². The van der Waals surface area contributed by atoms with Gasteiger partial charge in [-0.2, -0.15) is 5.10 Å². The van der Waals surface area contributed by atoms with Gasteiger partial charge in [0.1, 0.15) is 5.75 Å². The van der Waals surface area contributed by atoms with Crippen molar-refractivity contribution in [3.8, 4) is 17.0 Å². The molecule has 1 aromatic heterocycles. The van der Waals surface area contributed by atoms with E-state index in [9.17, 15) is 4.79 Å². The molecule has 1 amide bonds. The van der Waals surface area contributed by atoms with E-state index in [1.807, 2.05) is 18.2 Å².